The summed E-state index contributed by atoms with van der Waals surface area (Å²) < 4.78 is 1.69. The average Bonchev–Trinajstić information content (AvgIpc) is 3.28. The minimum Gasteiger partial charge on any atom is -0.390 e. The number of nitrogens with zero attached hydrogens (tertiary/aromatic N) is 4. The number of aliphatic hydroxyl groups excluding tert-OH is 2. The van der Waals surface area contributed by atoms with Gasteiger partial charge >= 0.3 is 6.03 Å². The SMILES string of the molecule is CN(C)Cc1cn(C[C@H]2C[C@@H](NC(=O)NC3CCCC3)[C@H](O)[C@@H]2O)nn1.Cl. The molecule has 4 N–H and O–H groups in total. The minimum atomic E-state index is -0.973. The fraction of sp³-hybridized carbons (Fsp3) is 0.824. The van der Waals surface area contributed by atoms with Gasteiger partial charge in [-0.25, -0.2) is 4.79 Å². The fourth-order valence-corrected chi connectivity index (χ4v) is 3.98. The number of amides is 2. The molecule has 0 radical (unpaired) electrons. The van der Waals surface area contributed by atoms with Crippen LogP contribution in [0.25, 0.3) is 0 Å². The van der Waals surface area contributed by atoms with Crippen LogP contribution in [-0.2, 0) is 13.1 Å². The number of halogens is 1. The van der Waals surface area contributed by atoms with Crippen LogP contribution in [0.3, 0.4) is 0 Å². The molecule has 1 aromatic rings. The van der Waals surface area contributed by atoms with Crippen molar-refractivity contribution in [1.82, 2.24) is 30.5 Å². The molecule has 0 unspecified atom stereocenters. The first-order valence-electron chi connectivity index (χ1n) is 9.39. The molecule has 4 atom stereocenters. The number of nitrogens with one attached hydrogen (secondary N) is 2. The second kappa shape index (κ2) is 9.68. The summed E-state index contributed by atoms with van der Waals surface area (Å²) in [4.78, 5) is 14.1. The molecular formula is C17H31ClN6O3. The molecule has 0 aromatic carbocycles. The normalized spacial score (nSPS) is 28.3. The Balaban J connectivity index is 0.00000261. The molecule has 27 heavy (non-hydrogen) atoms. The fourth-order valence-electron chi connectivity index (χ4n) is 3.98. The van der Waals surface area contributed by atoms with E-state index in [1.807, 2.05) is 25.2 Å². The Hall–Kier alpha value is -1.42. The van der Waals surface area contributed by atoms with Crippen LogP contribution in [0.5, 0.6) is 0 Å². The molecule has 9 nitrogen and oxygen atoms in total. The molecule has 10 heteroatoms. The van der Waals surface area contributed by atoms with Crippen molar-refractivity contribution in [2.75, 3.05) is 14.1 Å². The number of aliphatic hydroxyl groups is 2. The molecule has 2 amide bonds. The molecule has 0 saturated heterocycles. The van der Waals surface area contributed by atoms with E-state index in [1.54, 1.807) is 4.68 Å². The van der Waals surface area contributed by atoms with Crippen molar-refractivity contribution in [3.8, 4) is 0 Å². The van der Waals surface area contributed by atoms with Crippen LogP contribution in [0.4, 0.5) is 4.79 Å². The molecule has 1 heterocycles. The predicted molar refractivity (Wildman–Crippen MR) is 102 cm³/mol. The van der Waals surface area contributed by atoms with Crippen LogP contribution in [0.2, 0.25) is 0 Å². The lowest BCUT2D eigenvalue weighted by molar-refractivity contribution is 0.00857. The first-order valence-corrected chi connectivity index (χ1v) is 9.39. The Morgan fingerprint density at radius 1 is 1.26 bits per heavy atom. The standard InChI is InChI=1S/C17H30N6O3.ClH/c1-22(2)9-13-10-23(21-20-13)8-11-7-14(16(25)15(11)24)19-17(26)18-12-5-3-4-6-12;/h10-12,14-16,24-25H,3-9H2,1-2H3,(H2,18,19,26);1H/t11-,14-,15-,16+;/m1./s1. The summed E-state index contributed by atoms with van der Waals surface area (Å²) in [5, 5.41) is 34.6. The van der Waals surface area contributed by atoms with Crippen molar-refractivity contribution in [1.29, 1.82) is 0 Å². The van der Waals surface area contributed by atoms with Gasteiger partial charge in [0, 0.05) is 31.2 Å². The number of aromatic nitrogens is 3. The monoisotopic (exact) mass is 402 g/mol. The number of carbonyl (C=O) groups is 1. The van der Waals surface area contributed by atoms with E-state index in [1.165, 1.54) is 0 Å². The maximum Gasteiger partial charge on any atom is 0.315 e. The molecule has 0 bridgehead atoms. The molecule has 2 saturated carbocycles. The number of carbonyl (C=O) groups excluding carboxylic acids is 1. The van der Waals surface area contributed by atoms with E-state index < -0.39 is 18.2 Å². The van der Waals surface area contributed by atoms with Gasteiger partial charge in [-0.2, -0.15) is 0 Å². The van der Waals surface area contributed by atoms with Gasteiger partial charge in [0.15, 0.2) is 0 Å². The van der Waals surface area contributed by atoms with Gasteiger partial charge < -0.3 is 25.7 Å². The molecular weight excluding hydrogens is 372 g/mol. The van der Waals surface area contributed by atoms with Gasteiger partial charge in [-0.15, -0.1) is 17.5 Å². The molecule has 0 aliphatic heterocycles. The highest BCUT2D eigenvalue weighted by atomic mass is 35.5. The van der Waals surface area contributed by atoms with Gasteiger partial charge in [-0.3, -0.25) is 4.68 Å². The van der Waals surface area contributed by atoms with Gasteiger partial charge in [0.2, 0.25) is 0 Å². The van der Waals surface area contributed by atoms with Gasteiger partial charge in [0.05, 0.1) is 17.8 Å². The zero-order valence-corrected chi connectivity index (χ0v) is 16.7. The first-order chi connectivity index (χ1) is 12.4. The topological polar surface area (TPSA) is 116 Å². The highest BCUT2D eigenvalue weighted by Gasteiger charge is 2.42. The quantitative estimate of drug-likeness (QED) is 0.537. The lowest BCUT2D eigenvalue weighted by Crippen LogP contribution is -2.49. The summed E-state index contributed by atoms with van der Waals surface area (Å²) in [5.41, 5.74) is 0.855. The molecule has 3 rings (SSSR count). The van der Waals surface area contributed by atoms with Gasteiger partial charge in [0.25, 0.3) is 0 Å². The van der Waals surface area contributed by atoms with E-state index in [0.717, 1.165) is 31.4 Å². The maximum absolute atomic E-state index is 12.1. The Bertz CT molecular complexity index is 607. The Morgan fingerprint density at radius 2 is 1.96 bits per heavy atom. The zero-order valence-electron chi connectivity index (χ0n) is 15.9. The highest BCUT2D eigenvalue weighted by molar-refractivity contribution is 5.85. The molecule has 154 valence electrons. The van der Waals surface area contributed by atoms with Crippen LogP contribution >= 0.6 is 12.4 Å². The molecule has 1 aromatic heterocycles. The van der Waals surface area contributed by atoms with E-state index in [-0.39, 0.29) is 30.4 Å². The largest absolute Gasteiger partial charge is 0.390 e. The number of hydrogen-bond donors (Lipinski definition) is 4. The Morgan fingerprint density at radius 3 is 2.63 bits per heavy atom. The van der Waals surface area contributed by atoms with Crippen molar-refractivity contribution in [3.63, 3.8) is 0 Å². The van der Waals surface area contributed by atoms with Gasteiger partial charge in [-0.05, 0) is 33.4 Å². The van der Waals surface area contributed by atoms with E-state index in [4.69, 9.17) is 0 Å². The molecule has 0 spiro atoms. The smallest absolute Gasteiger partial charge is 0.315 e. The summed E-state index contributed by atoms with van der Waals surface area (Å²) in [6.45, 7) is 1.16. The van der Waals surface area contributed by atoms with E-state index in [0.29, 0.717) is 19.5 Å². The van der Waals surface area contributed by atoms with Crippen molar-refractivity contribution in [3.05, 3.63) is 11.9 Å². The van der Waals surface area contributed by atoms with E-state index >= 15 is 0 Å². The first kappa shape index (κ1) is 21.9. The van der Waals surface area contributed by atoms with Crippen LogP contribution < -0.4 is 10.6 Å². The highest BCUT2D eigenvalue weighted by Crippen LogP contribution is 2.28. The van der Waals surface area contributed by atoms with E-state index in [9.17, 15) is 15.0 Å². The van der Waals surface area contributed by atoms with Crippen LogP contribution in [0, 0.1) is 5.92 Å². The summed E-state index contributed by atoms with van der Waals surface area (Å²) in [5.74, 6) is -0.185. The van der Waals surface area contributed by atoms with Crippen LogP contribution in [0.15, 0.2) is 6.20 Å². The molecule has 2 fully saturated rings. The van der Waals surface area contributed by atoms with Crippen molar-refractivity contribution >= 4 is 18.4 Å². The van der Waals surface area contributed by atoms with Crippen LogP contribution in [-0.4, -0.2) is 74.5 Å². The number of hydrogen-bond acceptors (Lipinski definition) is 6. The number of urea groups is 1. The van der Waals surface area contributed by atoms with Crippen LogP contribution in [0.1, 0.15) is 37.8 Å². The van der Waals surface area contributed by atoms with Gasteiger partial charge in [0.1, 0.15) is 6.10 Å². The van der Waals surface area contributed by atoms with Crippen molar-refractivity contribution < 1.29 is 15.0 Å². The molecule has 2 aliphatic carbocycles. The predicted octanol–water partition coefficient (Wildman–Crippen LogP) is 0.114. The second-order valence-corrected chi connectivity index (χ2v) is 7.85. The summed E-state index contributed by atoms with van der Waals surface area (Å²) in [6, 6.07) is -0.497. The lowest BCUT2D eigenvalue weighted by Gasteiger charge is -2.20. The maximum atomic E-state index is 12.1. The number of rotatable bonds is 6. The lowest BCUT2D eigenvalue weighted by atomic mass is 10.1. The molecule has 2 aliphatic rings. The Kier molecular flexibility index (Phi) is 7.84. The van der Waals surface area contributed by atoms with Crippen molar-refractivity contribution in [2.45, 2.75) is 69.5 Å². The third kappa shape index (κ3) is 5.78. The Labute approximate surface area is 165 Å². The van der Waals surface area contributed by atoms with Gasteiger partial charge in [-0.1, -0.05) is 18.1 Å². The summed E-state index contributed by atoms with van der Waals surface area (Å²) >= 11 is 0. The summed E-state index contributed by atoms with van der Waals surface area (Å²) in [6.07, 6.45) is 4.79. The van der Waals surface area contributed by atoms with Crippen molar-refractivity contribution in [2.24, 2.45) is 5.92 Å². The summed E-state index contributed by atoms with van der Waals surface area (Å²) in [7, 11) is 3.92. The zero-order chi connectivity index (χ0) is 18.7. The average molecular weight is 403 g/mol. The third-order valence-corrected chi connectivity index (χ3v) is 5.29. The minimum absolute atomic E-state index is 0. The second-order valence-electron chi connectivity index (χ2n) is 7.85. The van der Waals surface area contributed by atoms with E-state index in [2.05, 4.69) is 20.9 Å². The third-order valence-electron chi connectivity index (χ3n) is 5.29.